The molecule has 0 bridgehead atoms. The van der Waals surface area contributed by atoms with Gasteiger partial charge >= 0.3 is 23.5 Å². The maximum Gasteiger partial charge on any atom is 0.407 e. The lowest BCUT2D eigenvalue weighted by atomic mass is 9.88. The van der Waals surface area contributed by atoms with Crippen molar-refractivity contribution in [2.45, 2.75) is 36.8 Å². The Bertz CT molecular complexity index is 1410. The summed E-state index contributed by atoms with van der Waals surface area (Å²) in [6.45, 7) is 14.1. The second-order valence-corrected chi connectivity index (χ2v) is 12.0. The van der Waals surface area contributed by atoms with E-state index in [1.807, 2.05) is 24.6 Å². The number of methoxy groups -OCH3 is 4. The monoisotopic (exact) mass is 744 g/mol. The van der Waals surface area contributed by atoms with E-state index >= 15 is 0 Å². The molecule has 2 aromatic carbocycles. The Kier molecular flexibility index (Phi) is 24.6. The smallest absolute Gasteiger partial charge is 0.407 e. The van der Waals surface area contributed by atoms with Crippen molar-refractivity contribution in [2.24, 2.45) is 5.73 Å². The molecular weight excluding hydrogens is 703 g/mol. The first-order chi connectivity index (χ1) is 22.3. The molecule has 0 aliphatic rings. The van der Waals surface area contributed by atoms with E-state index in [0.29, 0.717) is 36.4 Å². The number of ether oxygens (including phenoxy) is 4. The number of carbonyl (C=O) groups is 4. The van der Waals surface area contributed by atoms with Gasteiger partial charge in [0.05, 0.1) is 41.6 Å². The van der Waals surface area contributed by atoms with Gasteiger partial charge in [-0.25, -0.2) is 24.1 Å². The largest absolute Gasteiger partial charge is 0.468 e. The Hall–Kier alpha value is -3.66. The van der Waals surface area contributed by atoms with Crippen LogP contribution in [0.2, 0.25) is 0 Å². The SMILES string of the molecule is COC(=O)Cl.Cl.[C-]#[N+]c1cccc(CC(CCSC)(NC(=O)OC)C(=O)OC)c1.[C-]#[N+]c1cccc(CC(N)(CCSC)C(=O)OC)c1. The van der Waals surface area contributed by atoms with Gasteiger partial charge in [-0.15, -0.1) is 12.4 Å². The number of esters is 2. The van der Waals surface area contributed by atoms with Crippen molar-refractivity contribution in [3.63, 3.8) is 0 Å². The number of alkyl carbamates (subject to hydrolysis) is 1. The van der Waals surface area contributed by atoms with Gasteiger partial charge in [0.15, 0.2) is 11.4 Å². The van der Waals surface area contributed by atoms with Gasteiger partial charge in [-0.2, -0.15) is 23.5 Å². The molecule has 48 heavy (non-hydrogen) atoms. The molecule has 3 N–H and O–H groups in total. The van der Waals surface area contributed by atoms with E-state index in [1.165, 1.54) is 28.4 Å². The second-order valence-electron chi connectivity index (χ2n) is 9.68. The van der Waals surface area contributed by atoms with E-state index in [-0.39, 0.29) is 18.8 Å². The number of carbonyl (C=O) groups excluding carboxylic acids is 4. The Morgan fingerprint density at radius 3 is 1.65 bits per heavy atom. The van der Waals surface area contributed by atoms with Gasteiger partial charge in [-0.3, -0.25) is 4.79 Å². The summed E-state index contributed by atoms with van der Waals surface area (Å²) in [5.41, 5.74) is 5.83. The third kappa shape index (κ3) is 16.9. The molecule has 0 heterocycles. The fraction of sp³-hybridized carbons (Fsp3) is 0.438. The topological polar surface area (TPSA) is 152 Å². The Morgan fingerprint density at radius 2 is 1.25 bits per heavy atom. The van der Waals surface area contributed by atoms with E-state index in [4.69, 9.17) is 28.4 Å². The molecule has 16 heteroatoms. The zero-order valence-corrected chi connectivity index (χ0v) is 30.9. The van der Waals surface area contributed by atoms with Gasteiger partial charge in [-0.05, 0) is 43.3 Å². The third-order valence-electron chi connectivity index (χ3n) is 6.45. The molecule has 0 aliphatic heterocycles. The average molecular weight is 746 g/mol. The van der Waals surface area contributed by atoms with Crippen LogP contribution in [0.3, 0.4) is 0 Å². The highest BCUT2D eigenvalue weighted by atomic mass is 35.5. The number of thioether (sulfide) groups is 2. The maximum atomic E-state index is 12.4. The summed E-state index contributed by atoms with van der Waals surface area (Å²) in [5.74, 6) is 0.496. The van der Waals surface area contributed by atoms with Crippen molar-refractivity contribution in [2.75, 3.05) is 52.5 Å². The summed E-state index contributed by atoms with van der Waals surface area (Å²) in [7, 11) is 5.09. The number of halogens is 2. The number of hydrogen-bond acceptors (Lipinski definition) is 11. The Morgan fingerprint density at radius 1 is 0.792 bits per heavy atom. The maximum absolute atomic E-state index is 12.4. The Labute approximate surface area is 302 Å². The van der Waals surface area contributed by atoms with Gasteiger partial charge in [0.2, 0.25) is 0 Å². The summed E-state index contributed by atoms with van der Waals surface area (Å²) >= 11 is 7.80. The molecule has 0 saturated carbocycles. The summed E-state index contributed by atoms with van der Waals surface area (Å²) in [6.07, 6.45) is 4.72. The molecule has 0 spiro atoms. The number of nitrogens with zero attached hydrogens (tertiary/aromatic N) is 2. The van der Waals surface area contributed by atoms with Gasteiger partial charge in [0.25, 0.3) is 0 Å². The normalized spacial score (nSPS) is 12.0. The first-order valence-corrected chi connectivity index (χ1v) is 17.0. The van der Waals surface area contributed by atoms with Crippen molar-refractivity contribution in [1.82, 2.24) is 5.32 Å². The molecule has 12 nitrogen and oxygen atoms in total. The molecule has 0 radical (unpaired) electrons. The lowest BCUT2D eigenvalue weighted by molar-refractivity contribution is -0.148. The minimum absolute atomic E-state index is 0. The van der Waals surface area contributed by atoms with E-state index in [1.54, 1.807) is 59.9 Å². The van der Waals surface area contributed by atoms with Crippen LogP contribution in [0.15, 0.2) is 48.5 Å². The highest BCUT2D eigenvalue weighted by Gasteiger charge is 2.41. The van der Waals surface area contributed by atoms with Crippen molar-refractivity contribution in [3.8, 4) is 0 Å². The molecule has 2 atom stereocenters. The van der Waals surface area contributed by atoms with Gasteiger partial charge in [0, 0.05) is 18.0 Å². The fourth-order valence-electron chi connectivity index (χ4n) is 4.07. The fourth-order valence-corrected chi connectivity index (χ4v) is 5.19. The third-order valence-corrected chi connectivity index (χ3v) is 7.82. The number of nitrogens with two attached hydrogens (primary N) is 1. The molecule has 2 unspecified atom stereocenters. The average Bonchev–Trinajstić information content (AvgIpc) is 3.09. The standard InChI is InChI=1S/C16H20N2O4S.C14H18N2O2S.C2H3ClO2.ClH/c1-17-13-7-5-6-12(10-13)11-16(8-9-23-4,14(19)21-2)18-15(20)22-3;1-16-12-6-4-5-11(9-12)10-14(15,7-8-19-3)13(17)18-2;1-5-2(3)4;/h5-7,10H,8-9,11H2,2-4H3,(H,18,20);4-6,9H,7-8,10,15H2,2-3H3;1H3;1H. The molecule has 264 valence electrons. The van der Waals surface area contributed by atoms with Crippen molar-refractivity contribution >= 4 is 82.4 Å². The lowest BCUT2D eigenvalue weighted by Crippen LogP contribution is -2.57. The van der Waals surface area contributed by atoms with E-state index in [0.717, 1.165) is 16.9 Å². The van der Waals surface area contributed by atoms with Crippen LogP contribution < -0.4 is 11.1 Å². The first-order valence-electron chi connectivity index (χ1n) is 13.8. The molecule has 0 aliphatic carbocycles. The van der Waals surface area contributed by atoms with Crippen molar-refractivity contribution < 1.29 is 38.1 Å². The van der Waals surface area contributed by atoms with Crippen LogP contribution in [0.1, 0.15) is 24.0 Å². The summed E-state index contributed by atoms with van der Waals surface area (Å²) < 4.78 is 18.2. The van der Waals surface area contributed by atoms with Crippen molar-refractivity contribution in [3.05, 3.63) is 82.5 Å². The number of nitrogens with one attached hydrogen (secondary N) is 1. The molecule has 2 aromatic rings. The van der Waals surface area contributed by atoms with E-state index in [2.05, 4.69) is 36.1 Å². The Balaban J connectivity index is 0. The summed E-state index contributed by atoms with van der Waals surface area (Å²) in [6, 6.07) is 14.1. The molecule has 0 saturated heterocycles. The minimum Gasteiger partial charge on any atom is -0.468 e. The second kappa shape index (κ2) is 25.4. The molecule has 0 fully saturated rings. The van der Waals surface area contributed by atoms with E-state index in [9.17, 15) is 19.2 Å². The first kappa shape index (κ1) is 46.5. The highest BCUT2D eigenvalue weighted by molar-refractivity contribution is 7.98. The van der Waals surface area contributed by atoms with Crippen LogP contribution in [0.4, 0.5) is 21.0 Å². The van der Waals surface area contributed by atoms with Crippen LogP contribution >= 0.6 is 47.5 Å². The zero-order chi connectivity index (χ0) is 35.9. The molecule has 2 rings (SSSR count). The van der Waals surface area contributed by atoms with Crippen LogP contribution in [0.25, 0.3) is 9.69 Å². The molecule has 0 aromatic heterocycles. The molecule has 1 amide bonds. The summed E-state index contributed by atoms with van der Waals surface area (Å²) in [4.78, 5) is 52.1. The van der Waals surface area contributed by atoms with Crippen LogP contribution in [-0.4, -0.2) is 87.0 Å². The van der Waals surface area contributed by atoms with Crippen molar-refractivity contribution in [1.29, 1.82) is 0 Å². The predicted molar refractivity (Wildman–Crippen MR) is 194 cm³/mol. The zero-order valence-electron chi connectivity index (χ0n) is 27.7. The van der Waals surface area contributed by atoms with E-state index < -0.39 is 34.5 Å². The molecular formula is C32H42Cl2N4O8S2. The predicted octanol–water partition coefficient (Wildman–Crippen LogP) is 6.62. The summed E-state index contributed by atoms with van der Waals surface area (Å²) in [5, 5.41) is 2.63. The lowest BCUT2D eigenvalue weighted by Gasteiger charge is -2.31. The van der Waals surface area contributed by atoms with Crippen LogP contribution in [0.5, 0.6) is 0 Å². The number of rotatable bonds is 13. The number of hydrogen-bond donors (Lipinski definition) is 2. The van der Waals surface area contributed by atoms with Gasteiger partial charge in [-0.1, -0.05) is 59.7 Å². The number of amides is 1. The highest BCUT2D eigenvalue weighted by Crippen LogP contribution is 2.25. The minimum atomic E-state index is -1.23. The quantitative estimate of drug-likeness (QED) is 0.0986. The number of benzene rings is 2. The van der Waals surface area contributed by atoms with Crippen LogP contribution in [0, 0.1) is 13.1 Å². The van der Waals surface area contributed by atoms with Crippen LogP contribution in [-0.2, 0) is 41.4 Å². The van der Waals surface area contributed by atoms with Gasteiger partial charge < -0.3 is 30.0 Å². The van der Waals surface area contributed by atoms with Gasteiger partial charge in [0.1, 0.15) is 11.1 Å².